The molecule has 1 aliphatic rings. The number of hydrogen-bond donors (Lipinski definition) is 1. The first kappa shape index (κ1) is 11.0. The molecule has 0 atom stereocenters. The van der Waals surface area contributed by atoms with Crippen LogP contribution in [0.3, 0.4) is 0 Å². The van der Waals surface area contributed by atoms with Crippen LogP contribution in [0.25, 0.3) is 0 Å². The minimum absolute atomic E-state index is 0.363. The van der Waals surface area contributed by atoms with Crippen molar-refractivity contribution in [3.8, 4) is 5.75 Å². The summed E-state index contributed by atoms with van der Waals surface area (Å²) in [5, 5.41) is 0. The van der Waals surface area contributed by atoms with Crippen LogP contribution in [0.15, 0.2) is 30.5 Å². The Morgan fingerprint density at radius 2 is 2.11 bits per heavy atom. The van der Waals surface area contributed by atoms with E-state index in [0.717, 1.165) is 18.7 Å². The molecule has 0 amide bonds. The molecule has 0 radical (unpaired) electrons. The van der Waals surface area contributed by atoms with E-state index in [4.69, 9.17) is 10.5 Å². The van der Waals surface area contributed by atoms with Gasteiger partial charge in [-0.15, -0.1) is 0 Å². The molecule has 1 aromatic carbocycles. The average Bonchev–Trinajstić information content (AvgIpc) is 2.85. The average molecular weight is 241 g/mol. The Labute approximate surface area is 106 Å². The molecule has 1 aromatic heterocycles. The topological polar surface area (TPSA) is 61.0 Å². The maximum absolute atomic E-state index is 5.81. The summed E-state index contributed by atoms with van der Waals surface area (Å²) in [7, 11) is 0. The van der Waals surface area contributed by atoms with Crippen LogP contribution in [0.4, 0.5) is 5.69 Å². The number of hydrogen-bond acceptors (Lipinski definition) is 4. The van der Waals surface area contributed by atoms with Crippen LogP contribution < -0.4 is 10.5 Å². The third-order valence-corrected chi connectivity index (χ3v) is 3.14. The monoisotopic (exact) mass is 241 g/mol. The summed E-state index contributed by atoms with van der Waals surface area (Å²) in [5.74, 6) is 1.40. The summed E-state index contributed by atoms with van der Waals surface area (Å²) in [6.07, 6.45) is 5.25. The van der Waals surface area contributed by atoms with Gasteiger partial charge in [-0.1, -0.05) is 12.1 Å². The second-order valence-electron chi connectivity index (χ2n) is 4.44. The molecule has 4 heteroatoms. The van der Waals surface area contributed by atoms with Crippen molar-refractivity contribution in [2.45, 2.75) is 25.9 Å². The molecular formula is C14H15N3O. The molecule has 0 aliphatic heterocycles. The zero-order valence-corrected chi connectivity index (χ0v) is 10.1. The number of nitrogens with two attached hydrogens (primary N) is 1. The van der Waals surface area contributed by atoms with Crippen molar-refractivity contribution in [2.24, 2.45) is 0 Å². The van der Waals surface area contributed by atoms with Crippen molar-refractivity contribution in [2.75, 3.05) is 5.73 Å². The summed E-state index contributed by atoms with van der Waals surface area (Å²) in [4.78, 5) is 8.84. The Balaban J connectivity index is 1.72. The van der Waals surface area contributed by atoms with Gasteiger partial charge >= 0.3 is 0 Å². The van der Waals surface area contributed by atoms with Gasteiger partial charge in [-0.2, -0.15) is 0 Å². The normalized spacial score (nSPS) is 13.3. The van der Waals surface area contributed by atoms with Crippen LogP contribution >= 0.6 is 0 Å². The van der Waals surface area contributed by atoms with Gasteiger partial charge < -0.3 is 10.5 Å². The van der Waals surface area contributed by atoms with Gasteiger partial charge in [0.1, 0.15) is 12.4 Å². The van der Waals surface area contributed by atoms with Crippen LogP contribution in [0, 0.1) is 0 Å². The summed E-state index contributed by atoms with van der Waals surface area (Å²) < 4.78 is 5.63. The first-order valence-electron chi connectivity index (χ1n) is 6.14. The van der Waals surface area contributed by atoms with E-state index in [1.54, 1.807) is 0 Å². The maximum Gasteiger partial charge on any atom is 0.166 e. The van der Waals surface area contributed by atoms with Crippen LogP contribution in [-0.4, -0.2) is 9.97 Å². The minimum atomic E-state index is 0.363. The highest BCUT2D eigenvalue weighted by Gasteiger charge is 2.13. The van der Waals surface area contributed by atoms with Gasteiger partial charge in [0.05, 0.1) is 5.69 Å². The number of rotatable bonds is 3. The van der Waals surface area contributed by atoms with Crippen LogP contribution in [0.5, 0.6) is 5.75 Å². The second kappa shape index (κ2) is 4.64. The predicted octanol–water partition coefficient (Wildman–Crippen LogP) is 2.13. The summed E-state index contributed by atoms with van der Waals surface area (Å²) in [6, 6.07) is 7.45. The lowest BCUT2D eigenvalue weighted by atomic mass is 10.3. The van der Waals surface area contributed by atoms with Gasteiger partial charge in [0, 0.05) is 11.9 Å². The number of nitrogen functional groups attached to an aromatic ring is 1. The summed E-state index contributed by atoms with van der Waals surface area (Å²) in [5.41, 5.74) is 8.89. The number of nitrogens with zero attached hydrogens (tertiary/aromatic N) is 2. The van der Waals surface area contributed by atoms with E-state index in [1.807, 2.05) is 30.5 Å². The zero-order valence-electron chi connectivity index (χ0n) is 10.1. The number of ether oxygens (including phenoxy) is 1. The van der Waals surface area contributed by atoms with Crippen molar-refractivity contribution < 1.29 is 4.74 Å². The second-order valence-corrected chi connectivity index (χ2v) is 4.44. The molecule has 1 aliphatic carbocycles. The molecule has 0 bridgehead atoms. The Kier molecular flexibility index (Phi) is 2.84. The number of aromatic nitrogens is 2. The highest BCUT2D eigenvalue weighted by molar-refractivity contribution is 5.51. The predicted molar refractivity (Wildman–Crippen MR) is 69.2 cm³/mol. The Morgan fingerprint density at radius 3 is 3.00 bits per heavy atom. The Bertz CT molecular complexity index is 569. The van der Waals surface area contributed by atoms with E-state index < -0.39 is 0 Å². The third kappa shape index (κ3) is 2.14. The molecule has 2 N–H and O–H groups in total. The Morgan fingerprint density at radius 1 is 1.22 bits per heavy atom. The van der Waals surface area contributed by atoms with Gasteiger partial charge in [0.25, 0.3) is 0 Å². The van der Waals surface area contributed by atoms with Gasteiger partial charge in [-0.05, 0) is 37.0 Å². The zero-order chi connectivity index (χ0) is 12.4. The fraction of sp³-hybridized carbons (Fsp3) is 0.286. The van der Waals surface area contributed by atoms with E-state index in [9.17, 15) is 0 Å². The van der Waals surface area contributed by atoms with Crippen molar-refractivity contribution in [3.05, 3.63) is 47.5 Å². The quantitative estimate of drug-likeness (QED) is 0.836. The van der Waals surface area contributed by atoms with Crippen molar-refractivity contribution >= 4 is 5.69 Å². The van der Waals surface area contributed by atoms with E-state index in [1.165, 1.54) is 17.7 Å². The molecule has 0 spiro atoms. The van der Waals surface area contributed by atoms with Crippen LogP contribution in [0.1, 0.15) is 23.5 Å². The number of anilines is 1. The molecule has 0 unspecified atom stereocenters. The third-order valence-electron chi connectivity index (χ3n) is 3.14. The van der Waals surface area contributed by atoms with Crippen molar-refractivity contribution in [1.82, 2.24) is 9.97 Å². The number of para-hydroxylation sites is 2. The summed E-state index contributed by atoms with van der Waals surface area (Å²) in [6.45, 7) is 0.363. The van der Waals surface area contributed by atoms with Crippen molar-refractivity contribution in [3.63, 3.8) is 0 Å². The van der Waals surface area contributed by atoms with Gasteiger partial charge in [0.2, 0.25) is 0 Å². The molecule has 0 fully saturated rings. The number of aryl methyl sites for hydroxylation is 2. The lowest BCUT2D eigenvalue weighted by Crippen LogP contribution is -2.05. The molecule has 1 heterocycles. The van der Waals surface area contributed by atoms with E-state index >= 15 is 0 Å². The van der Waals surface area contributed by atoms with Gasteiger partial charge in [-0.3, -0.25) is 0 Å². The Hall–Kier alpha value is -2.10. The molecule has 2 aromatic rings. The van der Waals surface area contributed by atoms with Crippen LogP contribution in [0.2, 0.25) is 0 Å². The SMILES string of the molecule is Nc1ccccc1OCc1ncc2c(n1)CCC2. The molecule has 92 valence electrons. The minimum Gasteiger partial charge on any atom is -0.483 e. The molecule has 18 heavy (non-hydrogen) atoms. The van der Waals surface area contributed by atoms with Gasteiger partial charge in [0.15, 0.2) is 5.82 Å². The fourth-order valence-electron chi connectivity index (χ4n) is 2.18. The lowest BCUT2D eigenvalue weighted by molar-refractivity contribution is 0.297. The first-order valence-corrected chi connectivity index (χ1v) is 6.14. The standard InChI is InChI=1S/C14H15N3O/c15-11-5-1-2-7-13(11)18-9-14-16-8-10-4-3-6-12(10)17-14/h1-2,5,7-8H,3-4,6,9,15H2. The maximum atomic E-state index is 5.81. The first-order chi connectivity index (χ1) is 8.83. The lowest BCUT2D eigenvalue weighted by Gasteiger charge is -2.08. The highest BCUT2D eigenvalue weighted by atomic mass is 16.5. The van der Waals surface area contributed by atoms with E-state index in [-0.39, 0.29) is 0 Å². The van der Waals surface area contributed by atoms with E-state index in [2.05, 4.69) is 9.97 Å². The molecule has 4 nitrogen and oxygen atoms in total. The largest absolute Gasteiger partial charge is 0.483 e. The number of benzene rings is 1. The van der Waals surface area contributed by atoms with Gasteiger partial charge in [-0.25, -0.2) is 9.97 Å². The molecule has 0 saturated carbocycles. The highest BCUT2D eigenvalue weighted by Crippen LogP contribution is 2.22. The fourth-order valence-corrected chi connectivity index (χ4v) is 2.18. The van der Waals surface area contributed by atoms with Crippen molar-refractivity contribution in [1.29, 1.82) is 0 Å². The molecule has 0 saturated heterocycles. The van der Waals surface area contributed by atoms with Crippen LogP contribution in [-0.2, 0) is 19.4 Å². The molecule has 3 rings (SSSR count). The number of fused-ring (bicyclic) bond motifs is 1. The van der Waals surface area contributed by atoms with E-state index in [0.29, 0.717) is 18.0 Å². The smallest absolute Gasteiger partial charge is 0.166 e. The summed E-state index contributed by atoms with van der Waals surface area (Å²) >= 11 is 0. The molecular weight excluding hydrogens is 226 g/mol.